The molecule has 0 aliphatic heterocycles. The molecule has 0 saturated heterocycles. The number of halogens is 2. The van der Waals surface area contributed by atoms with E-state index in [-0.39, 0.29) is 12.4 Å². The molecule has 3 aromatic rings. The van der Waals surface area contributed by atoms with Crippen LogP contribution in [0.2, 0.25) is 0 Å². The monoisotopic (exact) mass is 501 g/mol. The van der Waals surface area contributed by atoms with Gasteiger partial charge in [-0.3, -0.25) is 0 Å². The molecule has 5 nitrogen and oxygen atoms in total. The molecule has 0 aliphatic rings. The second-order valence-corrected chi connectivity index (χ2v) is 7.96. The third-order valence-corrected chi connectivity index (χ3v) is 5.71. The van der Waals surface area contributed by atoms with Crippen LogP contribution in [-0.4, -0.2) is 31.8 Å². The van der Waals surface area contributed by atoms with Crippen molar-refractivity contribution in [3.05, 3.63) is 93.7 Å². The summed E-state index contributed by atoms with van der Waals surface area (Å²) in [4.78, 5) is 13.9. The zero-order chi connectivity index (χ0) is 22.9. The van der Waals surface area contributed by atoms with Crippen LogP contribution < -0.4 is 9.47 Å². The molecule has 0 aromatic heterocycles. The van der Waals surface area contributed by atoms with E-state index in [9.17, 15) is 9.18 Å². The Kier molecular flexibility index (Phi) is 8.50. The largest absolute Gasteiger partial charge is 0.493 e. The molecule has 0 atom stereocenters. The zero-order valence-corrected chi connectivity index (χ0v) is 19.6. The van der Waals surface area contributed by atoms with Gasteiger partial charge in [0.1, 0.15) is 12.4 Å². The molecule has 3 rings (SSSR count). The second-order valence-electron chi connectivity index (χ2n) is 7.10. The van der Waals surface area contributed by atoms with E-state index >= 15 is 0 Å². The van der Waals surface area contributed by atoms with E-state index in [4.69, 9.17) is 14.2 Å². The first-order valence-corrected chi connectivity index (χ1v) is 10.9. The number of rotatable bonds is 9. The number of ether oxygens (including phenoxy) is 3. The molecule has 0 aliphatic carbocycles. The van der Waals surface area contributed by atoms with Crippen LogP contribution in [0.5, 0.6) is 11.5 Å². The minimum Gasteiger partial charge on any atom is -0.493 e. The molecule has 0 spiro atoms. The molecule has 0 N–H and O–H groups in total. The van der Waals surface area contributed by atoms with E-state index in [1.54, 1.807) is 25.3 Å². The lowest BCUT2D eigenvalue weighted by molar-refractivity contribution is 0.121. The fraction of sp³-hybridized carbons (Fsp3) is 0.240. The lowest BCUT2D eigenvalue weighted by Crippen LogP contribution is -2.32. The van der Waals surface area contributed by atoms with Crippen LogP contribution in [0.3, 0.4) is 0 Å². The normalized spacial score (nSPS) is 10.5. The van der Waals surface area contributed by atoms with Crippen molar-refractivity contribution in [2.45, 2.75) is 19.6 Å². The van der Waals surface area contributed by atoms with E-state index in [0.29, 0.717) is 36.6 Å². The van der Waals surface area contributed by atoms with Gasteiger partial charge < -0.3 is 19.1 Å². The first kappa shape index (κ1) is 23.6. The molecule has 0 radical (unpaired) electrons. The highest BCUT2D eigenvalue weighted by Crippen LogP contribution is 2.35. The van der Waals surface area contributed by atoms with Gasteiger partial charge in [0, 0.05) is 11.0 Å². The topological polar surface area (TPSA) is 48.0 Å². The Morgan fingerprint density at radius 1 is 0.969 bits per heavy atom. The summed E-state index contributed by atoms with van der Waals surface area (Å²) in [6.07, 6.45) is -0.122. The molecule has 32 heavy (non-hydrogen) atoms. The Morgan fingerprint density at radius 3 is 2.38 bits per heavy atom. The SMILES string of the molecule is COC(=O)N(CCc1ccccc1F)Cc1cc(OCc2ccccc2)c(OC)cc1Br. The maximum absolute atomic E-state index is 14.0. The third-order valence-electron chi connectivity index (χ3n) is 4.97. The number of carbonyl (C=O) groups is 1. The van der Waals surface area contributed by atoms with Crippen LogP contribution in [0.15, 0.2) is 71.2 Å². The van der Waals surface area contributed by atoms with Crippen molar-refractivity contribution in [2.24, 2.45) is 0 Å². The quantitative estimate of drug-likeness (QED) is 0.361. The summed E-state index contributed by atoms with van der Waals surface area (Å²) in [7, 11) is 2.90. The highest BCUT2D eigenvalue weighted by Gasteiger charge is 2.19. The number of amides is 1. The van der Waals surface area contributed by atoms with Gasteiger partial charge >= 0.3 is 6.09 Å². The number of carbonyl (C=O) groups excluding carboxylic acids is 1. The molecular weight excluding hydrogens is 477 g/mol. The summed E-state index contributed by atoms with van der Waals surface area (Å²) in [6.45, 7) is 0.936. The Balaban J connectivity index is 1.78. The van der Waals surface area contributed by atoms with Crippen molar-refractivity contribution < 1.29 is 23.4 Å². The number of nitrogens with zero attached hydrogens (tertiary/aromatic N) is 1. The molecule has 0 bridgehead atoms. The smallest absolute Gasteiger partial charge is 0.409 e. The fourth-order valence-corrected chi connectivity index (χ4v) is 3.68. The van der Waals surface area contributed by atoms with Gasteiger partial charge in [-0.1, -0.05) is 64.5 Å². The van der Waals surface area contributed by atoms with Crippen LogP contribution in [0, 0.1) is 5.82 Å². The molecule has 1 amide bonds. The minimum atomic E-state index is -0.490. The van der Waals surface area contributed by atoms with Crippen LogP contribution in [0.1, 0.15) is 16.7 Å². The Hall–Kier alpha value is -3.06. The number of hydrogen-bond acceptors (Lipinski definition) is 4. The zero-order valence-electron chi connectivity index (χ0n) is 18.0. The standard InChI is InChI=1S/C25H25BrFNO4/c1-30-23-15-21(26)20(14-24(23)32-17-18-8-4-3-5-9-18)16-28(25(29)31-2)13-12-19-10-6-7-11-22(19)27/h3-11,14-15H,12-13,16-17H2,1-2H3. The van der Waals surface area contributed by atoms with Crippen LogP contribution in [0.25, 0.3) is 0 Å². The first-order valence-electron chi connectivity index (χ1n) is 10.1. The van der Waals surface area contributed by atoms with E-state index < -0.39 is 6.09 Å². The van der Waals surface area contributed by atoms with Crippen molar-refractivity contribution in [1.29, 1.82) is 0 Å². The summed E-state index contributed by atoms with van der Waals surface area (Å²) in [5.41, 5.74) is 2.38. The van der Waals surface area contributed by atoms with Gasteiger partial charge in [-0.25, -0.2) is 9.18 Å². The molecule has 0 unspecified atom stereocenters. The van der Waals surface area contributed by atoms with E-state index in [2.05, 4.69) is 15.9 Å². The molecule has 168 valence electrons. The predicted octanol–water partition coefficient (Wildman–Crippen LogP) is 5.99. The van der Waals surface area contributed by atoms with Crippen molar-refractivity contribution in [3.63, 3.8) is 0 Å². The fourth-order valence-electron chi connectivity index (χ4n) is 3.23. The predicted molar refractivity (Wildman–Crippen MR) is 124 cm³/mol. The van der Waals surface area contributed by atoms with Gasteiger partial charge in [0.2, 0.25) is 0 Å². The maximum Gasteiger partial charge on any atom is 0.409 e. The highest BCUT2D eigenvalue weighted by molar-refractivity contribution is 9.10. The lowest BCUT2D eigenvalue weighted by Gasteiger charge is -2.23. The molecule has 0 saturated carbocycles. The highest BCUT2D eigenvalue weighted by atomic mass is 79.9. The summed E-state index contributed by atoms with van der Waals surface area (Å²) in [6, 6.07) is 20.0. The third kappa shape index (κ3) is 6.23. The summed E-state index contributed by atoms with van der Waals surface area (Å²) in [5.74, 6) is 0.848. The molecular formula is C25H25BrFNO4. The number of methoxy groups -OCH3 is 2. The first-order chi connectivity index (χ1) is 15.5. The van der Waals surface area contributed by atoms with Crippen molar-refractivity contribution in [2.75, 3.05) is 20.8 Å². The Bertz CT molecular complexity index is 1050. The van der Waals surface area contributed by atoms with Gasteiger partial charge in [0.05, 0.1) is 20.8 Å². The summed E-state index contributed by atoms with van der Waals surface area (Å²) < 4.78 is 31.2. The number of hydrogen-bond donors (Lipinski definition) is 0. The minimum absolute atomic E-state index is 0.257. The second kappa shape index (κ2) is 11.5. The lowest BCUT2D eigenvalue weighted by atomic mass is 10.1. The van der Waals surface area contributed by atoms with E-state index in [1.165, 1.54) is 18.1 Å². The Morgan fingerprint density at radius 2 is 1.69 bits per heavy atom. The van der Waals surface area contributed by atoms with Gasteiger partial charge in [-0.15, -0.1) is 0 Å². The van der Waals surface area contributed by atoms with Crippen LogP contribution in [-0.2, 0) is 24.3 Å². The van der Waals surface area contributed by atoms with Crippen molar-refractivity contribution in [3.8, 4) is 11.5 Å². The molecule has 0 fully saturated rings. The van der Waals surface area contributed by atoms with E-state index in [1.807, 2.05) is 42.5 Å². The molecule has 7 heteroatoms. The van der Waals surface area contributed by atoms with E-state index in [0.717, 1.165) is 15.6 Å². The molecule has 0 heterocycles. The maximum atomic E-state index is 14.0. The van der Waals surface area contributed by atoms with Crippen molar-refractivity contribution >= 4 is 22.0 Å². The van der Waals surface area contributed by atoms with Gasteiger partial charge in [0.15, 0.2) is 11.5 Å². The van der Waals surface area contributed by atoms with Gasteiger partial charge in [-0.2, -0.15) is 0 Å². The number of benzene rings is 3. The van der Waals surface area contributed by atoms with Crippen molar-refractivity contribution in [1.82, 2.24) is 4.90 Å². The Labute approximate surface area is 195 Å². The average Bonchev–Trinajstić information content (AvgIpc) is 2.82. The van der Waals surface area contributed by atoms with Gasteiger partial charge in [-0.05, 0) is 41.3 Å². The van der Waals surface area contributed by atoms with Gasteiger partial charge in [0.25, 0.3) is 0 Å². The van der Waals surface area contributed by atoms with Crippen LogP contribution >= 0.6 is 15.9 Å². The average molecular weight is 502 g/mol. The summed E-state index contributed by atoms with van der Waals surface area (Å²) in [5, 5.41) is 0. The summed E-state index contributed by atoms with van der Waals surface area (Å²) >= 11 is 3.55. The van der Waals surface area contributed by atoms with Crippen LogP contribution in [0.4, 0.5) is 9.18 Å². The molecule has 3 aromatic carbocycles.